The number of hydrogen-bond acceptors (Lipinski definition) is 5. The highest BCUT2D eigenvalue weighted by atomic mass is 35.5. The van der Waals surface area contributed by atoms with Crippen LogP contribution in [0.3, 0.4) is 0 Å². The first-order valence-electron chi connectivity index (χ1n) is 7.00. The minimum absolute atomic E-state index is 0.0769. The second-order valence-electron chi connectivity index (χ2n) is 5.01. The Hall–Kier alpha value is -3.06. The molecule has 120 valence electrons. The molecule has 0 spiro atoms. The van der Waals surface area contributed by atoms with Gasteiger partial charge in [-0.15, -0.1) is 5.10 Å². The molecule has 24 heavy (non-hydrogen) atoms. The lowest BCUT2D eigenvalue weighted by Crippen LogP contribution is -2.15. The van der Waals surface area contributed by atoms with Gasteiger partial charge in [-0.1, -0.05) is 23.7 Å². The van der Waals surface area contributed by atoms with Gasteiger partial charge in [0.15, 0.2) is 5.78 Å². The van der Waals surface area contributed by atoms with Gasteiger partial charge in [0.05, 0.1) is 11.3 Å². The number of carbonyl (C=O) groups is 2. The van der Waals surface area contributed by atoms with Crippen LogP contribution in [-0.2, 0) is 0 Å². The van der Waals surface area contributed by atoms with Crippen LogP contribution in [-0.4, -0.2) is 31.9 Å². The van der Waals surface area contributed by atoms with Crippen LogP contribution in [0.25, 0.3) is 5.69 Å². The van der Waals surface area contributed by atoms with Gasteiger partial charge in [0.25, 0.3) is 5.91 Å². The van der Waals surface area contributed by atoms with Crippen molar-refractivity contribution >= 4 is 29.0 Å². The molecule has 1 heterocycles. The number of anilines is 1. The predicted octanol–water partition coefficient (Wildman–Crippen LogP) is 2.77. The summed E-state index contributed by atoms with van der Waals surface area (Å²) in [7, 11) is 0. The van der Waals surface area contributed by atoms with Gasteiger partial charge in [-0.05, 0) is 47.7 Å². The maximum atomic E-state index is 12.6. The van der Waals surface area contributed by atoms with Crippen LogP contribution in [0.1, 0.15) is 27.6 Å². The smallest absolute Gasteiger partial charge is 0.257 e. The van der Waals surface area contributed by atoms with Crippen LogP contribution < -0.4 is 5.32 Å². The molecule has 1 amide bonds. The van der Waals surface area contributed by atoms with Crippen LogP contribution in [0.15, 0.2) is 48.8 Å². The molecule has 3 rings (SSSR count). The molecular formula is C16H12ClN5O2. The summed E-state index contributed by atoms with van der Waals surface area (Å²) in [6, 6.07) is 11.5. The normalized spacial score (nSPS) is 10.4. The van der Waals surface area contributed by atoms with Crippen LogP contribution >= 0.6 is 11.6 Å². The van der Waals surface area contributed by atoms with Crippen molar-refractivity contribution in [2.75, 3.05) is 5.32 Å². The van der Waals surface area contributed by atoms with E-state index in [0.29, 0.717) is 27.5 Å². The number of aromatic nitrogens is 4. The molecule has 0 aliphatic rings. The van der Waals surface area contributed by atoms with Crippen LogP contribution in [0.4, 0.5) is 5.69 Å². The van der Waals surface area contributed by atoms with E-state index in [1.807, 2.05) is 0 Å². The van der Waals surface area contributed by atoms with E-state index in [0.717, 1.165) is 0 Å². The molecule has 1 N–H and O–H groups in total. The Bertz CT molecular complexity index is 909. The highest BCUT2D eigenvalue weighted by Gasteiger charge is 2.15. The number of halogens is 1. The fraction of sp³-hybridized carbons (Fsp3) is 0.0625. The number of ketones is 1. The average Bonchev–Trinajstić information content (AvgIpc) is 3.09. The minimum Gasteiger partial charge on any atom is -0.322 e. The first-order chi connectivity index (χ1) is 11.5. The van der Waals surface area contributed by atoms with Crippen LogP contribution in [0.5, 0.6) is 0 Å². The number of nitrogens with zero attached hydrogens (tertiary/aromatic N) is 4. The molecule has 1 aromatic heterocycles. The summed E-state index contributed by atoms with van der Waals surface area (Å²) in [6.07, 6.45) is 1.37. The average molecular weight is 342 g/mol. The van der Waals surface area contributed by atoms with Crippen molar-refractivity contribution in [2.24, 2.45) is 0 Å². The molecule has 0 saturated carbocycles. The Kier molecular flexibility index (Phi) is 4.35. The molecule has 0 aliphatic carbocycles. The Morgan fingerprint density at radius 2 is 2.00 bits per heavy atom. The maximum absolute atomic E-state index is 12.6. The van der Waals surface area contributed by atoms with Crippen molar-refractivity contribution in [1.82, 2.24) is 20.2 Å². The number of tetrazole rings is 1. The van der Waals surface area contributed by atoms with Gasteiger partial charge in [0.2, 0.25) is 0 Å². The standard InChI is InChI=1S/C16H12ClN5O2/c1-10(23)11-3-2-4-13(7-11)19-16(24)14-6-5-12(17)8-15(14)22-9-18-20-21-22/h2-9H,1H3,(H,19,24). The quantitative estimate of drug-likeness (QED) is 0.737. The lowest BCUT2D eigenvalue weighted by Gasteiger charge is -2.10. The topological polar surface area (TPSA) is 89.8 Å². The lowest BCUT2D eigenvalue weighted by atomic mass is 10.1. The van der Waals surface area contributed by atoms with Crippen molar-refractivity contribution in [3.05, 3.63) is 64.9 Å². The number of benzene rings is 2. The lowest BCUT2D eigenvalue weighted by molar-refractivity contribution is 0.101. The largest absolute Gasteiger partial charge is 0.322 e. The van der Waals surface area contributed by atoms with Gasteiger partial charge in [-0.25, -0.2) is 0 Å². The molecule has 3 aromatic rings. The van der Waals surface area contributed by atoms with Gasteiger partial charge >= 0.3 is 0 Å². The summed E-state index contributed by atoms with van der Waals surface area (Å²) < 4.78 is 1.35. The summed E-state index contributed by atoms with van der Waals surface area (Å²) in [6.45, 7) is 1.47. The Labute approximate surface area is 142 Å². The van der Waals surface area contributed by atoms with Gasteiger partial charge in [-0.3, -0.25) is 9.59 Å². The maximum Gasteiger partial charge on any atom is 0.257 e. The summed E-state index contributed by atoms with van der Waals surface area (Å²) in [5, 5.41) is 14.1. The van der Waals surface area contributed by atoms with E-state index in [1.54, 1.807) is 42.5 Å². The number of hydrogen-bond donors (Lipinski definition) is 1. The highest BCUT2D eigenvalue weighted by Crippen LogP contribution is 2.21. The van der Waals surface area contributed by atoms with Crippen molar-refractivity contribution in [3.8, 4) is 5.69 Å². The van der Waals surface area contributed by atoms with Gasteiger partial charge in [0, 0.05) is 16.3 Å². The van der Waals surface area contributed by atoms with E-state index in [9.17, 15) is 9.59 Å². The Balaban J connectivity index is 1.94. The third-order valence-corrected chi connectivity index (χ3v) is 3.56. The van der Waals surface area contributed by atoms with Crippen molar-refractivity contribution in [1.29, 1.82) is 0 Å². The molecule has 7 nitrogen and oxygen atoms in total. The number of amides is 1. The third-order valence-electron chi connectivity index (χ3n) is 3.33. The van der Waals surface area contributed by atoms with Crippen molar-refractivity contribution in [3.63, 3.8) is 0 Å². The molecule has 0 unspecified atom stereocenters. The van der Waals surface area contributed by atoms with E-state index in [2.05, 4.69) is 20.8 Å². The monoisotopic (exact) mass is 341 g/mol. The first-order valence-corrected chi connectivity index (χ1v) is 7.37. The van der Waals surface area contributed by atoms with E-state index in [4.69, 9.17) is 11.6 Å². The minimum atomic E-state index is -0.363. The van der Waals surface area contributed by atoms with Crippen LogP contribution in [0, 0.1) is 0 Å². The Morgan fingerprint density at radius 1 is 1.17 bits per heavy atom. The fourth-order valence-corrected chi connectivity index (χ4v) is 2.34. The zero-order valence-corrected chi connectivity index (χ0v) is 13.4. The van der Waals surface area contributed by atoms with Gasteiger partial charge in [0.1, 0.15) is 6.33 Å². The highest BCUT2D eigenvalue weighted by molar-refractivity contribution is 6.31. The first kappa shape index (κ1) is 15.8. The van der Waals surface area contributed by atoms with E-state index >= 15 is 0 Å². The zero-order valence-electron chi connectivity index (χ0n) is 12.6. The molecule has 0 saturated heterocycles. The number of rotatable bonds is 4. The number of Topliss-reactive ketones (excluding diaryl/α,β-unsaturated/α-hetero) is 1. The second kappa shape index (κ2) is 6.59. The SMILES string of the molecule is CC(=O)c1cccc(NC(=O)c2ccc(Cl)cc2-n2cnnn2)c1. The van der Waals surface area contributed by atoms with E-state index in [1.165, 1.54) is 17.9 Å². The molecule has 8 heteroatoms. The third kappa shape index (κ3) is 3.31. The predicted molar refractivity (Wildman–Crippen MR) is 88.6 cm³/mol. The Morgan fingerprint density at radius 3 is 2.71 bits per heavy atom. The summed E-state index contributed by atoms with van der Waals surface area (Å²) >= 11 is 6.00. The van der Waals surface area contributed by atoms with Crippen LogP contribution in [0.2, 0.25) is 5.02 Å². The van der Waals surface area contributed by atoms with Gasteiger partial charge in [-0.2, -0.15) is 4.68 Å². The van der Waals surface area contributed by atoms with Gasteiger partial charge < -0.3 is 5.32 Å². The van der Waals surface area contributed by atoms with Crippen molar-refractivity contribution in [2.45, 2.75) is 6.92 Å². The summed E-state index contributed by atoms with van der Waals surface area (Å²) in [5.41, 5.74) is 1.84. The fourth-order valence-electron chi connectivity index (χ4n) is 2.17. The molecular weight excluding hydrogens is 330 g/mol. The van der Waals surface area contributed by atoms with Crippen molar-refractivity contribution < 1.29 is 9.59 Å². The van der Waals surface area contributed by atoms with E-state index < -0.39 is 0 Å². The summed E-state index contributed by atoms with van der Waals surface area (Å²) in [5.74, 6) is -0.440. The molecule has 0 aliphatic heterocycles. The number of nitrogens with one attached hydrogen (secondary N) is 1. The second-order valence-corrected chi connectivity index (χ2v) is 5.44. The molecule has 0 atom stereocenters. The zero-order chi connectivity index (χ0) is 17.1. The molecule has 2 aromatic carbocycles. The summed E-state index contributed by atoms with van der Waals surface area (Å²) in [4.78, 5) is 24.0. The molecule has 0 radical (unpaired) electrons. The molecule has 0 bridgehead atoms. The van der Waals surface area contributed by atoms with E-state index in [-0.39, 0.29) is 11.7 Å². The number of carbonyl (C=O) groups excluding carboxylic acids is 2. The molecule has 0 fully saturated rings.